The van der Waals surface area contributed by atoms with Crippen LogP contribution in [0.1, 0.15) is 37.9 Å². The molecule has 3 aliphatic rings. The lowest BCUT2D eigenvalue weighted by atomic mass is 10.0. The van der Waals surface area contributed by atoms with Gasteiger partial charge in [-0.25, -0.2) is 18.1 Å². The third kappa shape index (κ3) is 4.31. The molecule has 0 unspecified atom stereocenters. The summed E-state index contributed by atoms with van der Waals surface area (Å²) in [5.41, 5.74) is -3.35. The van der Waals surface area contributed by atoms with Crippen molar-refractivity contribution in [1.82, 2.24) is 25.0 Å². The topological polar surface area (TPSA) is 138 Å². The molecular weight excluding hydrogens is 549 g/mol. The van der Waals surface area contributed by atoms with E-state index in [4.69, 9.17) is 11.6 Å². The van der Waals surface area contributed by atoms with Crippen LogP contribution in [0.5, 0.6) is 0 Å². The molecule has 0 bridgehead atoms. The summed E-state index contributed by atoms with van der Waals surface area (Å²) in [5.74, 6) is -1.70. The number of halogens is 4. The summed E-state index contributed by atoms with van der Waals surface area (Å²) in [7, 11) is -4.29. The predicted octanol–water partition coefficient (Wildman–Crippen LogP) is 2.49. The van der Waals surface area contributed by atoms with E-state index in [0.717, 1.165) is 0 Å². The number of aromatic nitrogens is 3. The molecular formula is C23H22ClF3N6O4S. The lowest BCUT2D eigenvalue weighted by Gasteiger charge is -2.29. The summed E-state index contributed by atoms with van der Waals surface area (Å²) in [4.78, 5) is 30.7. The maximum atomic E-state index is 13.8. The highest BCUT2D eigenvalue weighted by Crippen LogP contribution is 2.59. The zero-order chi connectivity index (χ0) is 27.7. The SMILES string of the molecule is Cc1ncn(-c2ccc(S(=O)(=O)[C@@H]3C[C@@H](C(=O)NC4(C#N)CC4)N(C(=O)C4(C(F)(F)F)CC4)C3)c(Cl)c2)n1. The standard InChI is InChI=1S/C23H22ClF3N6O4S/c1-13-29-12-33(31-13)14-2-3-18(16(24)8-14)38(36,37)15-9-17(19(34)30-21(11-28)4-5-21)32(10-15)20(35)22(6-7-22)23(25,26)27/h2-3,8,12,15,17H,4-7,9-10H2,1H3,(H,30,34)/t15-,17+/m1/s1. The fraction of sp³-hybridized carbons (Fsp3) is 0.522. The molecule has 1 saturated heterocycles. The summed E-state index contributed by atoms with van der Waals surface area (Å²) in [6.07, 6.45) is -4.01. The predicted molar refractivity (Wildman–Crippen MR) is 126 cm³/mol. The third-order valence-corrected chi connectivity index (χ3v) is 10.00. The van der Waals surface area contributed by atoms with Gasteiger partial charge in [-0.3, -0.25) is 9.59 Å². The van der Waals surface area contributed by atoms with Gasteiger partial charge in [0.2, 0.25) is 11.8 Å². The second-order valence-corrected chi connectivity index (χ2v) is 12.6. The van der Waals surface area contributed by atoms with E-state index in [9.17, 15) is 36.4 Å². The van der Waals surface area contributed by atoms with Crippen molar-refractivity contribution in [2.45, 2.75) is 66.9 Å². The normalized spacial score (nSPS) is 23.5. The highest BCUT2D eigenvalue weighted by molar-refractivity contribution is 7.92. The number of rotatable bonds is 6. The van der Waals surface area contributed by atoms with Crippen molar-refractivity contribution >= 4 is 33.3 Å². The lowest BCUT2D eigenvalue weighted by molar-refractivity contribution is -0.199. The van der Waals surface area contributed by atoms with Gasteiger partial charge in [0.15, 0.2) is 9.84 Å². The number of hydrogen-bond acceptors (Lipinski definition) is 7. The van der Waals surface area contributed by atoms with Gasteiger partial charge in [-0.1, -0.05) is 11.6 Å². The van der Waals surface area contributed by atoms with E-state index >= 15 is 0 Å². The molecule has 2 saturated carbocycles. The van der Waals surface area contributed by atoms with Gasteiger partial charge in [0.1, 0.15) is 29.1 Å². The Hall–Kier alpha value is -3.18. The van der Waals surface area contributed by atoms with E-state index in [1.54, 1.807) is 6.92 Å². The Balaban J connectivity index is 1.45. The second kappa shape index (κ2) is 8.67. The molecule has 2 heterocycles. The van der Waals surface area contributed by atoms with Crippen LogP contribution in [0.4, 0.5) is 13.2 Å². The van der Waals surface area contributed by atoms with Crippen molar-refractivity contribution < 1.29 is 31.2 Å². The Morgan fingerprint density at radius 3 is 2.42 bits per heavy atom. The number of benzene rings is 1. The second-order valence-electron chi connectivity index (χ2n) is 9.99. The highest BCUT2D eigenvalue weighted by atomic mass is 35.5. The lowest BCUT2D eigenvalue weighted by Crippen LogP contribution is -2.53. The summed E-state index contributed by atoms with van der Waals surface area (Å²) in [6, 6.07) is 4.52. The molecule has 2 aliphatic carbocycles. The van der Waals surface area contributed by atoms with Crippen LogP contribution < -0.4 is 5.32 Å². The fourth-order valence-corrected chi connectivity index (χ4v) is 6.97. The van der Waals surface area contributed by atoms with Crippen molar-refractivity contribution in [3.05, 3.63) is 35.4 Å². The molecule has 202 valence electrons. The van der Waals surface area contributed by atoms with Gasteiger partial charge in [0.05, 0.1) is 26.9 Å². The fourth-order valence-electron chi connectivity index (χ4n) is 4.74. The highest BCUT2D eigenvalue weighted by Gasteiger charge is 2.70. The van der Waals surface area contributed by atoms with Gasteiger partial charge in [-0.05, 0) is 57.2 Å². The number of aryl methyl sites for hydroxylation is 1. The summed E-state index contributed by atoms with van der Waals surface area (Å²) in [5, 5.41) is 14.4. The average molecular weight is 571 g/mol. The Labute approximate surface area is 220 Å². The Morgan fingerprint density at radius 1 is 1.24 bits per heavy atom. The van der Waals surface area contributed by atoms with Crippen LogP contribution in [0.2, 0.25) is 5.02 Å². The van der Waals surface area contributed by atoms with Gasteiger partial charge in [0.25, 0.3) is 0 Å². The zero-order valence-corrected chi connectivity index (χ0v) is 21.6. The van der Waals surface area contributed by atoms with Crippen molar-refractivity contribution in [2.75, 3.05) is 6.54 Å². The van der Waals surface area contributed by atoms with Crippen LogP contribution >= 0.6 is 11.6 Å². The maximum Gasteiger partial charge on any atom is 0.403 e. The smallest absolute Gasteiger partial charge is 0.336 e. The molecule has 2 atom stereocenters. The Kier molecular flexibility index (Phi) is 6.03. The summed E-state index contributed by atoms with van der Waals surface area (Å²) >= 11 is 6.32. The molecule has 1 aromatic heterocycles. The van der Waals surface area contributed by atoms with Crippen LogP contribution in [0, 0.1) is 23.7 Å². The number of hydrogen-bond donors (Lipinski definition) is 1. The van der Waals surface area contributed by atoms with Crippen molar-refractivity contribution in [1.29, 1.82) is 5.26 Å². The third-order valence-electron chi connectivity index (χ3n) is 7.39. The van der Waals surface area contributed by atoms with E-state index in [2.05, 4.69) is 15.4 Å². The molecule has 1 N–H and O–H groups in total. The molecule has 0 radical (unpaired) electrons. The first kappa shape index (κ1) is 26.4. The number of carbonyl (C=O) groups is 2. The number of sulfone groups is 1. The molecule has 10 nitrogen and oxygen atoms in total. The molecule has 2 aromatic rings. The molecule has 5 rings (SSSR count). The first-order chi connectivity index (χ1) is 17.7. The number of nitrogens with one attached hydrogen (secondary N) is 1. The summed E-state index contributed by atoms with van der Waals surface area (Å²) in [6.45, 7) is 1.06. The number of nitrogens with zero attached hydrogens (tertiary/aromatic N) is 5. The van der Waals surface area contributed by atoms with E-state index in [-0.39, 0.29) is 9.92 Å². The number of nitriles is 1. The largest absolute Gasteiger partial charge is 0.403 e. The van der Waals surface area contributed by atoms with Gasteiger partial charge in [0, 0.05) is 6.54 Å². The van der Waals surface area contributed by atoms with E-state index in [0.29, 0.717) is 29.3 Å². The van der Waals surface area contributed by atoms with Gasteiger partial charge < -0.3 is 10.2 Å². The quantitative estimate of drug-likeness (QED) is 0.563. The average Bonchev–Trinajstić information content (AvgIpc) is 3.73. The van der Waals surface area contributed by atoms with Crippen molar-refractivity contribution in [2.24, 2.45) is 5.41 Å². The van der Waals surface area contributed by atoms with Crippen molar-refractivity contribution in [3.8, 4) is 11.8 Å². The van der Waals surface area contributed by atoms with Gasteiger partial charge >= 0.3 is 6.18 Å². The Bertz CT molecular complexity index is 1480. The number of likely N-dealkylation sites (tertiary alicyclic amines) is 1. The molecule has 38 heavy (non-hydrogen) atoms. The first-order valence-electron chi connectivity index (χ1n) is 11.8. The molecule has 1 aromatic carbocycles. The van der Waals surface area contributed by atoms with Crippen LogP contribution in [0.15, 0.2) is 29.4 Å². The maximum absolute atomic E-state index is 13.8. The van der Waals surface area contributed by atoms with Crippen LogP contribution in [0.25, 0.3) is 5.69 Å². The number of carbonyl (C=O) groups excluding carboxylic acids is 2. The van der Waals surface area contributed by atoms with E-state index in [1.165, 1.54) is 29.2 Å². The van der Waals surface area contributed by atoms with E-state index in [1.807, 2.05) is 6.07 Å². The zero-order valence-electron chi connectivity index (χ0n) is 20.0. The van der Waals surface area contributed by atoms with Gasteiger partial charge in [-0.15, -0.1) is 0 Å². The molecule has 15 heteroatoms. The minimum atomic E-state index is -4.84. The Morgan fingerprint density at radius 2 is 1.92 bits per heavy atom. The molecule has 2 amide bonds. The minimum absolute atomic E-state index is 0.156. The van der Waals surface area contributed by atoms with E-state index < -0.39 is 75.9 Å². The molecule has 0 spiro atoms. The first-order valence-corrected chi connectivity index (χ1v) is 13.7. The molecule has 3 fully saturated rings. The molecule has 1 aliphatic heterocycles. The van der Waals surface area contributed by atoms with Gasteiger partial charge in [-0.2, -0.15) is 23.5 Å². The van der Waals surface area contributed by atoms with Crippen LogP contribution in [0.3, 0.4) is 0 Å². The minimum Gasteiger partial charge on any atom is -0.336 e. The van der Waals surface area contributed by atoms with Crippen LogP contribution in [-0.4, -0.2) is 69.4 Å². The van der Waals surface area contributed by atoms with Crippen LogP contribution in [-0.2, 0) is 19.4 Å². The van der Waals surface area contributed by atoms with Crippen molar-refractivity contribution in [3.63, 3.8) is 0 Å². The number of alkyl halides is 3. The monoisotopic (exact) mass is 570 g/mol. The number of amides is 2. The summed E-state index contributed by atoms with van der Waals surface area (Å²) < 4.78 is 69.8.